The monoisotopic (exact) mass is 243 g/mol. The third kappa shape index (κ3) is 1.73. The van der Waals surface area contributed by atoms with E-state index >= 15 is 0 Å². The Balaban J connectivity index is 2.03. The zero-order chi connectivity index (χ0) is 12.5. The highest BCUT2D eigenvalue weighted by molar-refractivity contribution is 5.55. The van der Waals surface area contributed by atoms with Crippen LogP contribution in [0.4, 0.5) is 0 Å². The molecule has 3 rings (SSSR count). The van der Waals surface area contributed by atoms with Crippen LogP contribution >= 0.6 is 0 Å². The summed E-state index contributed by atoms with van der Waals surface area (Å²) in [6, 6.07) is 6.58. The second kappa shape index (κ2) is 3.99. The molecule has 3 aromatic heterocycles. The van der Waals surface area contributed by atoms with Crippen molar-refractivity contribution in [2.75, 3.05) is 0 Å². The van der Waals surface area contributed by atoms with E-state index in [9.17, 15) is 4.79 Å². The minimum absolute atomic E-state index is 0.0893. The average Bonchev–Trinajstić information content (AvgIpc) is 3.01. The molecule has 0 aliphatic heterocycles. The summed E-state index contributed by atoms with van der Waals surface area (Å²) in [5.74, 6) is 1.24. The van der Waals surface area contributed by atoms with Crippen molar-refractivity contribution in [3.63, 3.8) is 0 Å². The van der Waals surface area contributed by atoms with E-state index in [1.54, 1.807) is 31.4 Å². The second-order valence-corrected chi connectivity index (χ2v) is 3.77. The first kappa shape index (κ1) is 10.5. The number of pyridine rings is 1. The first-order chi connectivity index (χ1) is 8.74. The van der Waals surface area contributed by atoms with Crippen LogP contribution < -0.4 is 5.56 Å². The van der Waals surface area contributed by atoms with Gasteiger partial charge in [0.25, 0.3) is 5.89 Å². The summed E-state index contributed by atoms with van der Waals surface area (Å²) < 4.78 is 11.7. The van der Waals surface area contributed by atoms with Gasteiger partial charge in [-0.25, -0.2) is 0 Å². The van der Waals surface area contributed by atoms with Gasteiger partial charge in [-0.1, -0.05) is 5.16 Å². The Morgan fingerprint density at radius 1 is 1.28 bits per heavy atom. The largest absolute Gasteiger partial charge is 0.459 e. The number of rotatable bonds is 2. The van der Waals surface area contributed by atoms with Gasteiger partial charge in [0.15, 0.2) is 5.76 Å². The number of furan rings is 1. The van der Waals surface area contributed by atoms with E-state index in [1.165, 1.54) is 16.9 Å². The topological polar surface area (TPSA) is 74.1 Å². The fourth-order valence-electron chi connectivity index (χ4n) is 1.57. The molecule has 0 atom stereocenters. The Morgan fingerprint density at radius 3 is 2.89 bits per heavy atom. The molecule has 6 heteroatoms. The Kier molecular flexibility index (Phi) is 2.33. The Labute approximate surface area is 101 Å². The predicted molar refractivity (Wildman–Crippen MR) is 62.7 cm³/mol. The number of hydrogen-bond donors (Lipinski definition) is 0. The molecule has 0 aliphatic carbocycles. The second-order valence-electron chi connectivity index (χ2n) is 3.77. The number of nitrogens with zero attached hydrogens (tertiary/aromatic N) is 3. The van der Waals surface area contributed by atoms with Crippen molar-refractivity contribution >= 4 is 0 Å². The van der Waals surface area contributed by atoms with E-state index in [0.29, 0.717) is 23.0 Å². The molecule has 0 fully saturated rings. The van der Waals surface area contributed by atoms with Gasteiger partial charge in [-0.2, -0.15) is 4.98 Å². The Bertz CT molecular complexity index is 725. The number of aryl methyl sites for hydroxylation is 1. The lowest BCUT2D eigenvalue weighted by Gasteiger charge is -1.97. The summed E-state index contributed by atoms with van der Waals surface area (Å²) in [5, 5.41) is 3.85. The maximum Gasteiger partial charge on any atom is 0.293 e. The third-order valence-electron chi connectivity index (χ3n) is 2.50. The molecule has 0 bridgehead atoms. The van der Waals surface area contributed by atoms with Crippen molar-refractivity contribution in [3.05, 3.63) is 47.1 Å². The smallest absolute Gasteiger partial charge is 0.293 e. The van der Waals surface area contributed by atoms with E-state index < -0.39 is 0 Å². The fraction of sp³-hybridized carbons (Fsp3) is 0.0833. The van der Waals surface area contributed by atoms with Crippen LogP contribution in [0.15, 0.2) is 50.5 Å². The first-order valence-electron chi connectivity index (χ1n) is 5.29. The van der Waals surface area contributed by atoms with Crippen LogP contribution in [-0.2, 0) is 7.05 Å². The predicted octanol–water partition coefficient (Wildman–Crippen LogP) is 1.70. The summed E-state index contributed by atoms with van der Waals surface area (Å²) in [4.78, 5) is 15.5. The Hall–Kier alpha value is -2.63. The van der Waals surface area contributed by atoms with Crippen LogP contribution in [-0.4, -0.2) is 14.7 Å². The highest BCUT2D eigenvalue weighted by atomic mass is 16.5. The molecule has 0 N–H and O–H groups in total. The average molecular weight is 243 g/mol. The summed E-state index contributed by atoms with van der Waals surface area (Å²) in [6.45, 7) is 0. The van der Waals surface area contributed by atoms with E-state index in [2.05, 4.69) is 10.1 Å². The molecule has 0 saturated carbocycles. The molecular formula is C12H9N3O3. The van der Waals surface area contributed by atoms with Crippen LogP contribution in [0.2, 0.25) is 0 Å². The zero-order valence-electron chi connectivity index (χ0n) is 9.53. The molecule has 0 spiro atoms. The van der Waals surface area contributed by atoms with Crippen molar-refractivity contribution in [2.24, 2.45) is 7.05 Å². The normalized spacial score (nSPS) is 10.7. The van der Waals surface area contributed by atoms with Gasteiger partial charge in [-0.3, -0.25) is 4.79 Å². The molecule has 0 amide bonds. The van der Waals surface area contributed by atoms with Crippen molar-refractivity contribution in [1.82, 2.24) is 14.7 Å². The van der Waals surface area contributed by atoms with Gasteiger partial charge in [-0.05, 0) is 18.2 Å². The lowest BCUT2D eigenvalue weighted by Crippen LogP contribution is -2.14. The minimum atomic E-state index is -0.0893. The van der Waals surface area contributed by atoms with Crippen LogP contribution in [0.5, 0.6) is 0 Å². The molecule has 3 aromatic rings. The van der Waals surface area contributed by atoms with Gasteiger partial charge >= 0.3 is 0 Å². The van der Waals surface area contributed by atoms with Crippen LogP contribution in [0.1, 0.15) is 0 Å². The van der Waals surface area contributed by atoms with E-state index in [-0.39, 0.29) is 5.56 Å². The van der Waals surface area contributed by atoms with Gasteiger partial charge in [0, 0.05) is 24.9 Å². The van der Waals surface area contributed by atoms with Crippen molar-refractivity contribution in [2.45, 2.75) is 0 Å². The third-order valence-corrected chi connectivity index (χ3v) is 2.50. The van der Waals surface area contributed by atoms with E-state index in [4.69, 9.17) is 8.94 Å². The molecule has 18 heavy (non-hydrogen) atoms. The number of hydrogen-bond acceptors (Lipinski definition) is 5. The van der Waals surface area contributed by atoms with Gasteiger partial charge in [0.05, 0.1) is 6.26 Å². The Morgan fingerprint density at radius 2 is 2.17 bits per heavy atom. The van der Waals surface area contributed by atoms with Crippen LogP contribution in [0, 0.1) is 0 Å². The molecule has 0 radical (unpaired) electrons. The standard InChI is InChI=1S/C12H9N3O3/c1-15-7-8(4-5-10(15)16)11-13-12(18-14-11)9-3-2-6-17-9/h2-7H,1H3. The summed E-state index contributed by atoms with van der Waals surface area (Å²) >= 11 is 0. The SMILES string of the molecule is Cn1cc(-c2noc(-c3ccco3)n2)ccc1=O. The molecule has 6 nitrogen and oxygen atoms in total. The first-order valence-corrected chi connectivity index (χ1v) is 5.29. The lowest BCUT2D eigenvalue weighted by molar-refractivity contribution is 0.417. The molecule has 0 unspecified atom stereocenters. The summed E-state index contributed by atoms with van der Waals surface area (Å²) in [6.07, 6.45) is 3.19. The highest BCUT2D eigenvalue weighted by Gasteiger charge is 2.12. The molecule has 3 heterocycles. The van der Waals surface area contributed by atoms with Crippen molar-refractivity contribution < 1.29 is 8.94 Å². The molecule has 90 valence electrons. The van der Waals surface area contributed by atoms with E-state index in [0.717, 1.165) is 0 Å². The molecule has 0 aliphatic rings. The lowest BCUT2D eigenvalue weighted by atomic mass is 10.3. The quantitative estimate of drug-likeness (QED) is 0.684. The minimum Gasteiger partial charge on any atom is -0.459 e. The maximum atomic E-state index is 11.3. The zero-order valence-corrected chi connectivity index (χ0v) is 9.53. The summed E-state index contributed by atoms with van der Waals surface area (Å²) in [5.41, 5.74) is 0.618. The van der Waals surface area contributed by atoms with Crippen molar-refractivity contribution in [3.8, 4) is 23.0 Å². The fourth-order valence-corrected chi connectivity index (χ4v) is 1.57. The molecule has 0 saturated heterocycles. The molecule has 0 aromatic carbocycles. The van der Waals surface area contributed by atoms with Crippen molar-refractivity contribution in [1.29, 1.82) is 0 Å². The van der Waals surface area contributed by atoms with Crippen LogP contribution in [0.3, 0.4) is 0 Å². The van der Waals surface area contributed by atoms with Crippen LogP contribution in [0.25, 0.3) is 23.0 Å². The highest BCUT2D eigenvalue weighted by Crippen LogP contribution is 2.21. The van der Waals surface area contributed by atoms with Gasteiger partial charge in [0.2, 0.25) is 11.4 Å². The van der Waals surface area contributed by atoms with E-state index in [1.807, 2.05) is 0 Å². The van der Waals surface area contributed by atoms with Gasteiger partial charge in [-0.15, -0.1) is 0 Å². The van der Waals surface area contributed by atoms with Gasteiger partial charge < -0.3 is 13.5 Å². The van der Waals surface area contributed by atoms with Gasteiger partial charge in [0.1, 0.15) is 0 Å². The number of aromatic nitrogens is 3. The molecular weight excluding hydrogens is 234 g/mol. The summed E-state index contributed by atoms with van der Waals surface area (Å²) in [7, 11) is 1.67. The maximum absolute atomic E-state index is 11.3.